The van der Waals surface area contributed by atoms with Crippen LogP contribution in [0.4, 0.5) is 10.1 Å². The molecule has 0 radical (unpaired) electrons. The van der Waals surface area contributed by atoms with Crippen LogP contribution in [0.2, 0.25) is 0 Å². The first-order chi connectivity index (χ1) is 11.9. The number of nitrogens with zero attached hydrogens (tertiary/aromatic N) is 3. The number of benzene rings is 1. The predicted octanol–water partition coefficient (Wildman–Crippen LogP) is 3.07. The molecule has 1 N–H and O–H groups in total. The molecule has 1 unspecified atom stereocenters. The minimum absolute atomic E-state index is 0.0976. The van der Waals surface area contributed by atoms with Crippen molar-refractivity contribution in [2.75, 3.05) is 18.4 Å². The van der Waals surface area contributed by atoms with Crippen LogP contribution in [-0.4, -0.2) is 39.7 Å². The molecule has 2 heterocycles. The van der Waals surface area contributed by atoms with Gasteiger partial charge in [0.05, 0.1) is 11.7 Å². The maximum absolute atomic E-state index is 13.6. The summed E-state index contributed by atoms with van der Waals surface area (Å²) in [6.45, 7) is 5.33. The topological polar surface area (TPSA) is 50.2 Å². The van der Waals surface area contributed by atoms with Crippen molar-refractivity contribution in [3.63, 3.8) is 0 Å². The van der Waals surface area contributed by atoms with Crippen LogP contribution in [0, 0.1) is 12.7 Å². The fourth-order valence-corrected chi connectivity index (χ4v) is 3.32. The van der Waals surface area contributed by atoms with E-state index in [1.54, 1.807) is 19.1 Å². The van der Waals surface area contributed by atoms with E-state index in [1.807, 2.05) is 24.9 Å². The van der Waals surface area contributed by atoms with Gasteiger partial charge in [-0.25, -0.2) is 4.39 Å². The molecule has 5 nitrogen and oxygen atoms in total. The van der Waals surface area contributed by atoms with Crippen LogP contribution in [0.15, 0.2) is 30.5 Å². The van der Waals surface area contributed by atoms with Crippen LogP contribution in [0.25, 0.3) is 0 Å². The van der Waals surface area contributed by atoms with Crippen molar-refractivity contribution in [2.24, 2.45) is 7.05 Å². The summed E-state index contributed by atoms with van der Waals surface area (Å²) >= 11 is 0. The highest BCUT2D eigenvalue weighted by Crippen LogP contribution is 2.27. The molecule has 1 aromatic heterocycles. The molecule has 0 bridgehead atoms. The molecule has 3 rings (SSSR count). The van der Waals surface area contributed by atoms with E-state index in [4.69, 9.17) is 0 Å². The summed E-state index contributed by atoms with van der Waals surface area (Å²) in [6, 6.07) is 6.61. The summed E-state index contributed by atoms with van der Waals surface area (Å²) in [6.07, 6.45) is 3.96. The SMILES string of the molecule is Cc1ccc(NC(=O)C(C)N2CCC(c3ccn(C)n3)CC2)cc1F. The van der Waals surface area contributed by atoms with Gasteiger partial charge >= 0.3 is 0 Å². The molecule has 1 atom stereocenters. The molecule has 0 aliphatic carbocycles. The molecule has 25 heavy (non-hydrogen) atoms. The van der Waals surface area contributed by atoms with Gasteiger partial charge in [-0.05, 0) is 63.5 Å². The first kappa shape index (κ1) is 17.6. The van der Waals surface area contributed by atoms with Crippen LogP contribution in [0.1, 0.15) is 36.9 Å². The number of rotatable bonds is 4. The fourth-order valence-electron chi connectivity index (χ4n) is 3.32. The molecule has 0 saturated carbocycles. The molecule has 1 amide bonds. The number of anilines is 1. The van der Waals surface area contributed by atoms with Crippen LogP contribution in [0.5, 0.6) is 0 Å². The third kappa shape index (κ3) is 4.07. The third-order valence-corrected chi connectivity index (χ3v) is 5.05. The summed E-state index contributed by atoms with van der Waals surface area (Å²) in [7, 11) is 1.93. The number of likely N-dealkylation sites (tertiary alicyclic amines) is 1. The van der Waals surface area contributed by atoms with Crippen molar-refractivity contribution in [2.45, 2.75) is 38.6 Å². The molecule has 1 fully saturated rings. The Hall–Kier alpha value is -2.21. The predicted molar refractivity (Wildman–Crippen MR) is 96.0 cm³/mol. The lowest BCUT2D eigenvalue weighted by atomic mass is 9.93. The molecule has 1 aromatic carbocycles. The van der Waals surface area contributed by atoms with E-state index in [-0.39, 0.29) is 17.8 Å². The third-order valence-electron chi connectivity index (χ3n) is 5.05. The second-order valence-corrected chi connectivity index (χ2v) is 6.85. The first-order valence-electron chi connectivity index (χ1n) is 8.74. The van der Waals surface area contributed by atoms with Crippen molar-refractivity contribution < 1.29 is 9.18 Å². The van der Waals surface area contributed by atoms with Gasteiger partial charge in [0.2, 0.25) is 5.91 Å². The number of aryl methyl sites for hydroxylation is 2. The lowest BCUT2D eigenvalue weighted by molar-refractivity contribution is -0.121. The molecule has 1 saturated heterocycles. The van der Waals surface area contributed by atoms with Crippen molar-refractivity contribution >= 4 is 11.6 Å². The minimum atomic E-state index is -0.304. The van der Waals surface area contributed by atoms with E-state index < -0.39 is 0 Å². The highest BCUT2D eigenvalue weighted by molar-refractivity contribution is 5.94. The van der Waals surface area contributed by atoms with Gasteiger partial charge in [-0.15, -0.1) is 0 Å². The highest BCUT2D eigenvalue weighted by Gasteiger charge is 2.28. The van der Waals surface area contributed by atoms with E-state index >= 15 is 0 Å². The average Bonchev–Trinajstić information content (AvgIpc) is 3.04. The van der Waals surface area contributed by atoms with Crippen molar-refractivity contribution in [1.82, 2.24) is 14.7 Å². The molecule has 0 spiro atoms. The van der Waals surface area contributed by atoms with Crippen molar-refractivity contribution in [1.29, 1.82) is 0 Å². The van der Waals surface area contributed by atoms with Crippen molar-refractivity contribution in [3.8, 4) is 0 Å². The number of carbonyl (C=O) groups is 1. The molecule has 1 aliphatic heterocycles. The van der Waals surface area contributed by atoms with Gasteiger partial charge in [0, 0.05) is 24.8 Å². The number of halogens is 1. The average molecular weight is 344 g/mol. The number of amides is 1. The monoisotopic (exact) mass is 344 g/mol. The standard InChI is InChI=1S/C19H25FN4O/c1-13-4-5-16(12-17(13)20)21-19(25)14(2)24-10-6-15(7-11-24)18-8-9-23(3)22-18/h4-5,8-9,12,14-15H,6-7,10-11H2,1-3H3,(H,21,25). The Morgan fingerprint density at radius 1 is 1.32 bits per heavy atom. The van der Waals surface area contributed by atoms with Gasteiger partial charge in [-0.2, -0.15) is 5.10 Å². The number of nitrogens with one attached hydrogen (secondary N) is 1. The van der Waals surface area contributed by atoms with Gasteiger partial charge in [-0.1, -0.05) is 6.07 Å². The van der Waals surface area contributed by atoms with Gasteiger partial charge in [0.1, 0.15) is 5.82 Å². The molecule has 1 aliphatic rings. The van der Waals surface area contributed by atoms with Gasteiger partial charge in [-0.3, -0.25) is 14.4 Å². The Bertz CT molecular complexity index is 750. The Balaban J connectivity index is 1.55. The minimum Gasteiger partial charge on any atom is -0.325 e. The molecular formula is C19H25FN4O. The summed E-state index contributed by atoms with van der Waals surface area (Å²) in [5.74, 6) is 0.0556. The Morgan fingerprint density at radius 2 is 2.04 bits per heavy atom. The Morgan fingerprint density at radius 3 is 2.64 bits per heavy atom. The highest BCUT2D eigenvalue weighted by atomic mass is 19.1. The van der Waals surface area contributed by atoms with E-state index in [0.717, 1.165) is 31.6 Å². The summed E-state index contributed by atoms with van der Waals surface area (Å²) in [4.78, 5) is 14.7. The largest absolute Gasteiger partial charge is 0.325 e. The second kappa shape index (κ2) is 7.35. The normalized spacial score (nSPS) is 17.4. The maximum atomic E-state index is 13.6. The zero-order valence-electron chi connectivity index (χ0n) is 15.0. The number of aromatic nitrogens is 2. The molecule has 2 aromatic rings. The van der Waals surface area contributed by atoms with Gasteiger partial charge < -0.3 is 5.32 Å². The number of piperidine rings is 1. The quantitative estimate of drug-likeness (QED) is 0.927. The van der Waals surface area contributed by atoms with E-state index in [9.17, 15) is 9.18 Å². The van der Waals surface area contributed by atoms with E-state index in [1.165, 1.54) is 6.07 Å². The van der Waals surface area contributed by atoms with E-state index in [2.05, 4.69) is 21.4 Å². The maximum Gasteiger partial charge on any atom is 0.241 e. The van der Waals surface area contributed by atoms with Gasteiger partial charge in [0.15, 0.2) is 0 Å². The zero-order chi connectivity index (χ0) is 18.0. The van der Waals surface area contributed by atoms with Gasteiger partial charge in [0.25, 0.3) is 0 Å². The molecule has 6 heteroatoms. The fraction of sp³-hybridized carbons (Fsp3) is 0.474. The lowest BCUT2D eigenvalue weighted by Crippen LogP contribution is -2.45. The van der Waals surface area contributed by atoms with Crippen LogP contribution < -0.4 is 5.32 Å². The number of carbonyl (C=O) groups excluding carboxylic acids is 1. The zero-order valence-corrected chi connectivity index (χ0v) is 15.0. The Kier molecular flexibility index (Phi) is 5.18. The Labute approximate surface area is 147 Å². The van der Waals surface area contributed by atoms with Crippen LogP contribution in [0.3, 0.4) is 0 Å². The summed E-state index contributed by atoms with van der Waals surface area (Å²) in [5.41, 5.74) is 2.21. The molecule has 134 valence electrons. The van der Waals surface area contributed by atoms with Crippen LogP contribution in [-0.2, 0) is 11.8 Å². The van der Waals surface area contributed by atoms with E-state index in [0.29, 0.717) is 17.2 Å². The number of hydrogen-bond donors (Lipinski definition) is 1. The lowest BCUT2D eigenvalue weighted by Gasteiger charge is -2.34. The summed E-state index contributed by atoms with van der Waals surface area (Å²) < 4.78 is 15.5. The summed E-state index contributed by atoms with van der Waals surface area (Å²) in [5, 5.41) is 7.31. The molecular weight excluding hydrogens is 319 g/mol. The first-order valence-corrected chi connectivity index (χ1v) is 8.74. The van der Waals surface area contributed by atoms with Crippen molar-refractivity contribution in [3.05, 3.63) is 47.5 Å². The number of hydrogen-bond acceptors (Lipinski definition) is 3. The smallest absolute Gasteiger partial charge is 0.241 e. The second-order valence-electron chi connectivity index (χ2n) is 6.85. The van der Waals surface area contributed by atoms with Crippen LogP contribution >= 0.6 is 0 Å².